The minimum Gasteiger partial charge on any atom is -0.479 e. The first-order valence-corrected chi connectivity index (χ1v) is 9.77. The molecule has 0 spiro atoms. The van der Waals surface area contributed by atoms with E-state index in [9.17, 15) is 18.1 Å². The van der Waals surface area contributed by atoms with Gasteiger partial charge in [-0.15, -0.1) is 5.12 Å². The molecule has 0 radical (unpaired) electrons. The average Bonchev–Trinajstić information content (AvgIpc) is 3.16. The van der Waals surface area contributed by atoms with E-state index < -0.39 is 34.8 Å². The van der Waals surface area contributed by atoms with Crippen molar-refractivity contribution in [1.29, 1.82) is 0 Å². The highest BCUT2D eigenvalue weighted by atomic mass is 32.2. The molecule has 0 unspecified atom stereocenters. The van der Waals surface area contributed by atoms with Crippen molar-refractivity contribution in [2.24, 2.45) is 16.6 Å². The van der Waals surface area contributed by atoms with Gasteiger partial charge in [0.1, 0.15) is 11.4 Å². The number of aromatic nitrogens is 2. The maximum absolute atomic E-state index is 15.0. The molecule has 1 aromatic carbocycles. The van der Waals surface area contributed by atoms with E-state index >= 15 is 0 Å². The lowest BCUT2D eigenvalue weighted by molar-refractivity contribution is 0.0921. The molecule has 8 nitrogen and oxygen atoms in total. The van der Waals surface area contributed by atoms with Crippen LogP contribution in [0.2, 0.25) is 0 Å². The second kappa shape index (κ2) is 7.76. The molecule has 2 aliphatic heterocycles. The summed E-state index contributed by atoms with van der Waals surface area (Å²) in [5, 5.41) is 0.0421. The van der Waals surface area contributed by atoms with Gasteiger partial charge in [-0.05, 0) is 18.2 Å². The molecule has 2 atom stereocenters. The van der Waals surface area contributed by atoms with Gasteiger partial charge in [-0.2, -0.15) is 9.37 Å². The fourth-order valence-corrected chi connectivity index (χ4v) is 4.48. The number of nitrogens with zero attached hydrogens (tertiary/aromatic N) is 4. The molecule has 12 heteroatoms. The zero-order valence-corrected chi connectivity index (χ0v) is 16.5. The number of carbonyl (C=O) groups is 1. The lowest BCUT2D eigenvalue weighted by atomic mass is 9.81. The van der Waals surface area contributed by atoms with Crippen LogP contribution in [0.1, 0.15) is 16.1 Å². The minimum atomic E-state index is -1.25. The first-order valence-electron chi connectivity index (χ1n) is 8.78. The monoisotopic (exact) mass is 439 g/mol. The fraction of sp³-hybridized carbons (Fsp3) is 0.333. The first kappa shape index (κ1) is 20.4. The summed E-state index contributed by atoms with van der Waals surface area (Å²) in [5.41, 5.74) is 4.02. The summed E-state index contributed by atoms with van der Waals surface area (Å²) in [5.74, 6) is -2.94. The van der Waals surface area contributed by atoms with E-state index in [-0.39, 0.29) is 34.1 Å². The van der Waals surface area contributed by atoms with Gasteiger partial charge in [0.05, 0.1) is 32.2 Å². The molecular formula is C18H16F3N5O3S. The minimum absolute atomic E-state index is 0.0679. The Kier molecular flexibility index (Phi) is 5.28. The summed E-state index contributed by atoms with van der Waals surface area (Å²) in [6.07, 6.45) is 0.663. The maximum Gasteiger partial charge on any atom is 0.310 e. The van der Waals surface area contributed by atoms with Crippen LogP contribution in [0.3, 0.4) is 0 Å². The lowest BCUT2D eigenvalue weighted by Crippen LogP contribution is -2.40. The number of hydrogen-bond donors (Lipinski definition) is 1. The molecule has 2 aliphatic rings. The number of amidine groups is 1. The highest BCUT2D eigenvalue weighted by Crippen LogP contribution is 2.46. The molecular weight excluding hydrogens is 423 g/mol. The Labute approximate surface area is 173 Å². The molecule has 30 heavy (non-hydrogen) atoms. The molecule has 3 heterocycles. The van der Waals surface area contributed by atoms with Gasteiger partial charge in [-0.1, -0.05) is 16.2 Å². The van der Waals surface area contributed by atoms with Crippen LogP contribution < -0.4 is 15.6 Å². The number of aliphatic imine (C=N–C) groups is 1. The molecule has 0 aliphatic carbocycles. The number of nitrogens with two attached hydrogens (primary N) is 1. The Morgan fingerprint density at radius 3 is 3.00 bits per heavy atom. The third-order valence-corrected chi connectivity index (χ3v) is 5.94. The molecule has 1 saturated heterocycles. The standard InChI is InChI=1S/C18H16F3N5O3S/c1-28-15-14(23-5-13(20)24-15)16(27)26(21)10-2-3-12(19)11(4-10)18-8-29-6-9(18)7-30-17(22)25-18/h2-5,9H,6-8H2,1H3,(H2,22,25)/t9-,18-/m0/s1. The Balaban J connectivity index is 1.73. The van der Waals surface area contributed by atoms with Crippen molar-refractivity contribution in [1.82, 2.24) is 9.97 Å². The van der Waals surface area contributed by atoms with E-state index in [1.165, 1.54) is 17.8 Å². The third-order valence-electron chi connectivity index (χ3n) is 4.99. The number of thioether (sulfide) groups is 1. The van der Waals surface area contributed by atoms with Crippen LogP contribution in [0, 0.1) is 17.7 Å². The molecule has 2 aromatic rings. The normalized spacial score (nSPS) is 22.9. The maximum atomic E-state index is 15.0. The largest absolute Gasteiger partial charge is 0.479 e. The van der Waals surface area contributed by atoms with Crippen molar-refractivity contribution in [3.05, 3.63) is 47.4 Å². The van der Waals surface area contributed by atoms with Crippen LogP contribution >= 0.6 is 11.8 Å². The highest BCUT2D eigenvalue weighted by Gasteiger charge is 2.49. The number of amides is 1. The molecule has 2 N–H and O–H groups in total. The molecule has 4 rings (SSSR count). The Hall–Kier alpha value is -2.86. The summed E-state index contributed by atoms with van der Waals surface area (Å²) in [7, 11) is 1.14. The number of ether oxygens (including phenoxy) is 2. The van der Waals surface area contributed by atoms with Crippen molar-refractivity contribution < 1.29 is 27.5 Å². The summed E-state index contributed by atoms with van der Waals surface area (Å²) in [4.78, 5) is 23.9. The first-order chi connectivity index (χ1) is 14.4. The highest BCUT2D eigenvalue weighted by molar-refractivity contribution is 8.13. The average molecular weight is 439 g/mol. The summed E-state index contributed by atoms with van der Waals surface area (Å²) in [6, 6.07) is 3.31. The Bertz CT molecular complexity index is 1040. The number of rotatable bonds is 4. The van der Waals surface area contributed by atoms with Crippen LogP contribution in [0.25, 0.3) is 0 Å². The van der Waals surface area contributed by atoms with E-state index in [0.717, 1.165) is 19.2 Å². The molecule has 0 saturated carbocycles. The van der Waals surface area contributed by atoms with Crippen molar-refractivity contribution in [3.8, 4) is 5.88 Å². The zero-order chi connectivity index (χ0) is 21.5. The topological polar surface area (TPSA) is 103 Å². The van der Waals surface area contributed by atoms with E-state index in [1.54, 1.807) is 0 Å². The molecule has 1 aromatic heterocycles. The number of benzene rings is 1. The van der Waals surface area contributed by atoms with Crippen LogP contribution in [-0.2, 0) is 10.3 Å². The Morgan fingerprint density at radius 1 is 1.43 bits per heavy atom. The lowest BCUT2D eigenvalue weighted by Gasteiger charge is -2.34. The predicted octanol–water partition coefficient (Wildman–Crippen LogP) is 2.20. The van der Waals surface area contributed by atoms with Crippen molar-refractivity contribution in [2.75, 3.05) is 31.2 Å². The van der Waals surface area contributed by atoms with E-state index in [1.807, 2.05) is 0 Å². The van der Waals surface area contributed by atoms with E-state index in [4.69, 9.17) is 15.2 Å². The van der Waals surface area contributed by atoms with Crippen molar-refractivity contribution >= 4 is 28.5 Å². The summed E-state index contributed by atoms with van der Waals surface area (Å²) < 4.78 is 53.3. The number of anilines is 1. The number of methoxy groups -OCH3 is 1. The van der Waals surface area contributed by atoms with Crippen molar-refractivity contribution in [3.63, 3.8) is 0 Å². The molecule has 1 fully saturated rings. The second-order valence-corrected chi connectivity index (χ2v) is 7.74. The fourth-order valence-electron chi connectivity index (χ4n) is 3.51. The van der Waals surface area contributed by atoms with Gasteiger partial charge in [0.25, 0.3) is 0 Å². The van der Waals surface area contributed by atoms with Gasteiger partial charge >= 0.3 is 5.91 Å². The quantitative estimate of drug-likeness (QED) is 0.729. The van der Waals surface area contributed by atoms with Crippen molar-refractivity contribution in [2.45, 2.75) is 5.54 Å². The third kappa shape index (κ3) is 3.35. The smallest absolute Gasteiger partial charge is 0.310 e. The van der Waals surface area contributed by atoms with Gasteiger partial charge in [0, 0.05) is 17.2 Å². The number of hydrogen-bond acceptors (Lipinski definition) is 8. The van der Waals surface area contributed by atoms with Gasteiger partial charge in [0.2, 0.25) is 11.8 Å². The molecule has 0 bridgehead atoms. The summed E-state index contributed by atoms with van der Waals surface area (Å²) >= 11 is 1.34. The van der Waals surface area contributed by atoms with Crippen LogP contribution in [0.4, 0.5) is 18.9 Å². The van der Waals surface area contributed by atoms with Crippen LogP contribution in [0.5, 0.6) is 5.88 Å². The van der Waals surface area contributed by atoms with Gasteiger partial charge in [-0.3, -0.25) is 4.79 Å². The number of halogens is 3. The predicted molar refractivity (Wildman–Crippen MR) is 103 cm³/mol. The van der Waals surface area contributed by atoms with E-state index in [0.29, 0.717) is 18.6 Å². The number of carbonyl (C=O) groups excluding carboxylic acids is 1. The van der Waals surface area contributed by atoms with Gasteiger partial charge < -0.3 is 15.2 Å². The van der Waals surface area contributed by atoms with Crippen LogP contribution in [0.15, 0.2) is 29.4 Å². The second-order valence-electron chi connectivity index (χ2n) is 6.70. The van der Waals surface area contributed by atoms with Crippen LogP contribution in [-0.4, -0.2) is 47.1 Å². The zero-order valence-electron chi connectivity index (χ0n) is 15.6. The summed E-state index contributed by atoms with van der Waals surface area (Å²) in [6.45, 7) is 0.435. The van der Waals surface area contributed by atoms with E-state index in [2.05, 4.69) is 15.0 Å². The van der Waals surface area contributed by atoms with Gasteiger partial charge in [0.15, 0.2) is 10.9 Å². The SMILES string of the molecule is COc1nc(F)cnc1C(=O)N(F)c1ccc(F)c([C@]23COC[C@H]2CSC(N)=N3)c1. The molecule has 1 amide bonds. The number of fused-ring (bicyclic) bond motifs is 1. The Morgan fingerprint density at radius 2 is 2.23 bits per heavy atom. The molecule has 158 valence electrons. The van der Waals surface area contributed by atoms with Gasteiger partial charge in [-0.25, -0.2) is 14.4 Å².